The van der Waals surface area contributed by atoms with Gasteiger partial charge in [0, 0.05) is 17.8 Å². The summed E-state index contributed by atoms with van der Waals surface area (Å²) in [5, 5.41) is 3.60. The molecule has 5 heteroatoms. The van der Waals surface area contributed by atoms with Gasteiger partial charge in [-0.05, 0) is 25.5 Å². The lowest BCUT2D eigenvalue weighted by Crippen LogP contribution is -2.69. The first-order valence-electron chi connectivity index (χ1n) is 9.03. The lowest BCUT2D eigenvalue weighted by molar-refractivity contribution is -0.174. The zero-order valence-corrected chi connectivity index (χ0v) is 16.2. The summed E-state index contributed by atoms with van der Waals surface area (Å²) in [5.41, 5.74) is 0.0825. The molecular formula is C20H28N2O3. The Hall–Kier alpha value is -1.88. The SMILES string of the molecule is CC(C)C(=O)N1c2ccccc2C(C)C2(C(C)C)OC(=O)C(C)(C)N12. The molecule has 2 unspecified atom stereocenters. The number of esters is 1. The largest absolute Gasteiger partial charge is 0.440 e. The number of hydrogen-bond donors (Lipinski definition) is 0. The van der Waals surface area contributed by atoms with Crippen LogP contribution in [0.4, 0.5) is 5.69 Å². The standard InChI is InChI=1S/C20H28N2O3/c1-12(2)17(23)21-16-11-9-8-10-15(16)14(5)20(13(3)4)22(21)19(6,7)18(24)25-20/h8-14H,1-7H3. The lowest BCUT2D eigenvalue weighted by Gasteiger charge is -2.55. The summed E-state index contributed by atoms with van der Waals surface area (Å²) in [6, 6.07) is 7.88. The molecular weight excluding hydrogens is 316 g/mol. The molecule has 1 fully saturated rings. The third kappa shape index (κ3) is 2.18. The molecule has 1 aromatic carbocycles. The molecule has 1 aromatic rings. The average molecular weight is 344 g/mol. The summed E-state index contributed by atoms with van der Waals surface area (Å²) in [7, 11) is 0. The zero-order chi connectivity index (χ0) is 18.7. The Kier molecular flexibility index (Phi) is 3.99. The number of carbonyl (C=O) groups is 2. The summed E-state index contributed by atoms with van der Waals surface area (Å²) >= 11 is 0. The van der Waals surface area contributed by atoms with Crippen LogP contribution in [0, 0.1) is 11.8 Å². The van der Waals surface area contributed by atoms with Crippen molar-refractivity contribution in [3.8, 4) is 0 Å². The Balaban J connectivity index is 2.34. The molecule has 1 saturated heterocycles. The molecule has 0 N–H and O–H groups in total. The molecule has 0 aliphatic carbocycles. The minimum atomic E-state index is -0.920. The molecule has 0 bridgehead atoms. The fraction of sp³-hybridized carbons (Fsp3) is 0.600. The number of benzene rings is 1. The van der Waals surface area contributed by atoms with E-state index in [1.807, 2.05) is 70.8 Å². The Morgan fingerprint density at radius 3 is 2.32 bits per heavy atom. The fourth-order valence-corrected chi connectivity index (χ4v) is 4.22. The maximum absolute atomic E-state index is 13.2. The van der Waals surface area contributed by atoms with Crippen LogP contribution in [0.5, 0.6) is 0 Å². The molecule has 0 radical (unpaired) electrons. The normalized spacial score (nSPS) is 28.1. The van der Waals surface area contributed by atoms with Gasteiger partial charge >= 0.3 is 5.97 Å². The van der Waals surface area contributed by atoms with Crippen molar-refractivity contribution in [3.63, 3.8) is 0 Å². The number of ether oxygens (including phenoxy) is 1. The minimum absolute atomic E-state index is 0.0176. The highest BCUT2D eigenvalue weighted by molar-refractivity contribution is 5.97. The van der Waals surface area contributed by atoms with Crippen LogP contribution in [0.1, 0.15) is 59.9 Å². The topological polar surface area (TPSA) is 49.9 Å². The van der Waals surface area contributed by atoms with Gasteiger partial charge in [0.05, 0.1) is 5.69 Å². The second-order valence-electron chi connectivity index (χ2n) is 8.25. The van der Waals surface area contributed by atoms with Gasteiger partial charge in [0.2, 0.25) is 5.91 Å². The van der Waals surface area contributed by atoms with Crippen molar-refractivity contribution in [3.05, 3.63) is 29.8 Å². The highest BCUT2D eigenvalue weighted by atomic mass is 16.6. The van der Waals surface area contributed by atoms with E-state index in [-0.39, 0.29) is 29.6 Å². The molecule has 136 valence electrons. The monoisotopic (exact) mass is 344 g/mol. The van der Waals surface area contributed by atoms with Gasteiger partial charge in [0.15, 0.2) is 5.72 Å². The van der Waals surface area contributed by atoms with Crippen molar-refractivity contribution >= 4 is 17.6 Å². The molecule has 0 saturated carbocycles. The number of rotatable bonds is 2. The van der Waals surface area contributed by atoms with Gasteiger partial charge in [-0.25, -0.2) is 9.80 Å². The van der Waals surface area contributed by atoms with Crippen molar-refractivity contribution in [2.24, 2.45) is 11.8 Å². The summed E-state index contributed by atoms with van der Waals surface area (Å²) in [4.78, 5) is 26.0. The second-order valence-corrected chi connectivity index (χ2v) is 8.25. The maximum Gasteiger partial charge on any atom is 0.329 e. The lowest BCUT2D eigenvalue weighted by atomic mass is 9.78. The summed E-state index contributed by atoms with van der Waals surface area (Å²) in [5.74, 6) is -0.550. The van der Waals surface area contributed by atoms with E-state index in [0.717, 1.165) is 11.3 Å². The quantitative estimate of drug-likeness (QED) is 0.768. The van der Waals surface area contributed by atoms with Crippen LogP contribution in [0.2, 0.25) is 0 Å². The number of carbonyl (C=O) groups excluding carboxylic acids is 2. The number of anilines is 1. The predicted octanol–water partition coefficient (Wildman–Crippen LogP) is 3.70. The first kappa shape index (κ1) is 17.9. The smallest absolute Gasteiger partial charge is 0.329 e. The van der Waals surface area contributed by atoms with E-state index in [1.165, 1.54) is 0 Å². The Morgan fingerprint density at radius 2 is 1.76 bits per heavy atom. The molecule has 0 spiro atoms. The number of hydrogen-bond acceptors (Lipinski definition) is 4. The highest BCUT2D eigenvalue weighted by Crippen LogP contribution is 2.55. The van der Waals surface area contributed by atoms with Crippen molar-refractivity contribution < 1.29 is 14.3 Å². The third-order valence-electron chi connectivity index (χ3n) is 5.60. The van der Waals surface area contributed by atoms with E-state index in [0.29, 0.717) is 0 Å². The van der Waals surface area contributed by atoms with Crippen LogP contribution >= 0.6 is 0 Å². The predicted molar refractivity (Wildman–Crippen MR) is 96.8 cm³/mol. The summed E-state index contributed by atoms with van der Waals surface area (Å²) < 4.78 is 6.05. The Bertz CT molecular complexity index is 725. The van der Waals surface area contributed by atoms with Crippen LogP contribution in [-0.4, -0.2) is 28.1 Å². The number of para-hydroxylation sites is 1. The molecule has 3 rings (SSSR count). The van der Waals surface area contributed by atoms with Crippen molar-refractivity contribution in [2.45, 2.75) is 65.6 Å². The fourth-order valence-electron chi connectivity index (χ4n) is 4.22. The van der Waals surface area contributed by atoms with Crippen LogP contribution < -0.4 is 5.01 Å². The van der Waals surface area contributed by atoms with E-state index < -0.39 is 11.3 Å². The molecule has 2 aliphatic heterocycles. The van der Waals surface area contributed by atoms with Gasteiger partial charge in [-0.15, -0.1) is 0 Å². The number of nitrogens with zero attached hydrogens (tertiary/aromatic N) is 2. The number of fused-ring (bicyclic) bond motifs is 2. The third-order valence-corrected chi connectivity index (χ3v) is 5.60. The average Bonchev–Trinajstić information content (AvgIpc) is 2.76. The molecule has 1 amide bonds. The van der Waals surface area contributed by atoms with Crippen molar-refractivity contribution in [2.75, 3.05) is 5.01 Å². The molecule has 0 aromatic heterocycles. The van der Waals surface area contributed by atoms with Gasteiger partial charge in [-0.1, -0.05) is 52.8 Å². The van der Waals surface area contributed by atoms with Crippen LogP contribution in [0.3, 0.4) is 0 Å². The van der Waals surface area contributed by atoms with Gasteiger partial charge in [0.25, 0.3) is 0 Å². The first-order chi connectivity index (χ1) is 11.6. The molecule has 2 aliphatic rings. The van der Waals surface area contributed by atoms with Gasteiger partial charge in [0.1, 0.15) is 5.54 Å². The Labute approximate surface area is 149 Å². The van der Waals surface area contributed by atoms with E-state index in [1.54, 1.807) is 5.01 Å². The number of hydrazine groups is 1. The van der Waals surface area contributed by atoms with Crippen LogP contribution in [-0.2, 0) is 14.3 Å². The Morgan fingerprint density at radius 1 is 1.16 bits per heavy atom. The van der Waals surface area contributed by atoms with Crippen LogP contribution in [0.15, 0.2) is 24.3 Å². The summed E-state index contributed by atoms with van der Waals surface area (Å²) in [6.45, 7) is 13.6. The van der Waals surface area contributed by atoms with Crippen molar-refractivity contribution in [1.29, 1.82) is 0 Å². The first-order valence-corrected chi connectivity index (χ1v) is 9.03. The summed E-state index contributed by atoms with van der Waals surface area (Å²) in [6.07, 6.45) is 0. The minimum Gasteiger partial charge on any atom is -0.440 e. The second kappa shape index (κ2) is 5.56. The molecule has 2 atom stereocenters. The molecule has 2 heterocycles. The van der Waals surface area contributed by atoms with Gasteiger partial charge in [-0.3, -0.25) is 4.79 Å². The van der Waals surface area contributed by atoms with E-state index >= 15 is 0 Å². The van der Waals surface area contributed by atoms with E-state index in [2.05, 4.69) is 6.92 Å². The van der Waals surface area contributed by atoms with Gasteiger partial charge in [-0.2, -0.15) is 5.01 Å². The number of amides is 1. The molecule has 25 heavy (non-hydrogen) atoms. The van der Waals surface area contributed by atoms with Gasteiger partial charge < -0.3 is 4.74 Å². The van der Waals surface area contributed by atoms with Crippen molar-refractivity contribution in [1.82, 2.24) is 5.01 Å². The van der Waals surface area contributed by atoms with Crippen LogP contribution in [0.25, 0.3) is 0 Å². The highest BCUT2D eigenvalue weighted by Gasteiger charge is 2.67. The maximum atomic E-state index is 13.2. The van der Waals surface area contributed by atoms with E-state index in [4.69, 9.17) is 4.74 Å². The molecule has 5 nitrogen and oxygen atoms in total. The zero-order valence-electron chi connectivity index (χ0n) is 16.2. The van der Waals surface area contributed by atoms with E-state index in [9.17, 15) is 9.59 Å².